The van der Waals surface area contributed by atoms with Crippen LogP contribution in [0.1, 0.15) is 10.4 Å². The zero-order valence-electron chi connectivity index (χ0n) is 12.7. The second-order valence-corrected chi connectivity index (χ2v) is 5.40. The van der Waals surface area contributed by atoms with E-state index in [1.165, 1.54) is 36.2 Å². The van der Waals surface area contributed by atoms with Crippen LogP contribution in [0.15, 0.2) is 48.5 Å². The summed E-state index contributed by atoms with van der Waals surface area (Å²) >= 11 is 5.95. The number of nitrogens with zero attached hydrogens (tertiary/aromatic N) is 2. The summed E-state index contributed by atoms with van der Waals surface area (Å²) < 4.78 is 0. The van der Waals surface area contributed by atoms with Gasteiger partial charge in [0.2, 0.25) is 5.91 Å². The van der Waals surface area contributed by atoms with Gasteiger partial charge in [0.25, 0.3) is 11.6 Å². The molecule has 0 saturated carbocycles. The molecule has 0 bridgehead atoms. The van der Waals surface area contributed by atoms with Crippen LogP contribution in [0.4, 0.5) is 11.4 Å². The van der Waals surface area contributed by atoms with Gasteiger partial charge in [-0.05, 0) is 24.3 Å². The van der Waals surface area contributed by atoms with Gasteiger partial charge in [0, 0.05) is 24.7 Å². The molecule has 0 saturated heterocycles. The largest absolute Gasteiger partial charge is 0.332 e. The van der Waals surface area contributed by atoms with Crippen molar-refractivity contribution in [3.8, 4) is 0 Å². The van der Waals surface area contributed by atoms with E-state index in [-0.39, 0.29) is 17.8 Å². The quantitative estimate of drug-likeness (QED) is 0.664. The van der Waals surface area contributed by atoms with Gasteiger partial charge in [-0.3, -0.25) is 19.7 Å². The van der Waals surface area contributed by atoms with E-state index in [4.69, 9.17) is 11.6 Å². The standard InChI is InChI=1S/C16H14ClN3O4/c1-19(10-15(21)18-14-5-3-2-4-13(14)17)16(22)11-6-8-12(9-7-11)20(23)24/h2-9H,10H2,1H3,(H,18,21). The lowest BCUT2D eigenvalue weighted by atomic mass is 10.2. The molecule has 7 nitrogen and oxygen atoms in total. The highest BCUT2D eigenvalue weighted by Crippen LogP contribution is 2.20. The summed E-state index contributed by atoms with van der Waals surface area (Å²) in [5.41, 5.74) is 0.611. The van der Waals surface area contributed by atoms with Gasteiger partial charge in [-0.2, -0.15) is 0 Å². The van der Waals surface area contributed by atoms with Crippen molar-refractivity contribution < 1.29 is 14.5 Å². The Labute approximate surface area is 143 Å². The maximum absolute atomic E-state index is 12.2. The molecule has 0 spiro atoms. The molecule has 0 fully saturated rings. The Bertz CT molecular complexity index is 777. The van der Waals surface area contributed by atoms with Crippen LogP contribution in [0.5, 0.6) is 0 Å². The minimum absolute atomic E-state index is 0.106. The monoisotopic (exact) mass is 347 g/mol. The number of nitrogens with one attached hydrogen (secondary N) is 1. The second kappa shape index (κ2) is 7.56. The van der Waals surface area contributed by atoms with Crippen molar-refractivity contribution in [3.63, 3.8) is 0 Å². The van der Waals surface area contributed by atoms with Gasteiger partial charge in [-0.1, -0.05) is 23.7 Å². The molecule has 24 heavy (non-hydrogen) atoms. The Morgan fingerprint density at radius 2 is 1.79 bits per heavy atom. The van der Waals surface area contributed by atoms with Crippen molar-refractivity contribution in [2.75, 3.05) is 18.9 Å². The van der Waals surface area contributed by atoms with Gasteiger partial charge in [0.1, 0.15) is 0 Å². The summed E-state index contributed by atoms with van der Waals surface area (Å²) in [7, 11) is 1.47. The SMILES string of the molecule is CN(CC(=O)Nc1ccccc1Cl)C(=O)c1ccc([N+](=O)[O-])cc1. The minimum atomic E-state index is -0.547. The van der Waals surface area contributed by atoms with Crippen LogP contribution < -0.4 is 5.32 Å². The van der Waals surface area contributed by atoms with Gasteiger partial charge in [0.05, 0.1) is 22.2 Å². The van der Waals surface area contributed by atoms with Crippen LogP contribution in [0.25, 0.3) is 0 Å². The number of para-hydroxylation sites is 1. The maximum atomic E-state index is 12.2. The van der Waals surface area contributed by atoms with Crippen LogP contribution in [0, 0.1) is 10.1 Å². The van der Waals surface area contributed by atoms with E-state index >= 15 is 0 Å². The van der Waals surface area contributed by atoms with Crippen LogP contribution in [-0.4, -0.2) is 35.2 Å². The zero-order chi connectivity index (χ0) is 17.7. The molecule has 2 amide bonds. The minimum Gasteiger partial charge on any atom is -0.332 e. The van der Waals surface area contributed by atoms with Crippen molar-refractivity contribution in [2.45, 2.75) is 0 Å². The summed E-state index contributed by atoms with van der Waals surface area (Å²) in [5, 5.41) is 13.6. The van der Waals surface area contributed by atoms with E-state index in [1.54, 1.807) is 24.3 Å². The first-order valence-corrected chi connectivity index (χ1v) is 7.30. The molecule has 0 unspecified atom stereocenters. The molecule has 0 heterocycles. The fourth-order valence-corrected chi connectivity index (χ4v) is 2.17. The van der Waals surface area contributed by atoms with Crippen LogP contribution >= 0.6 is 11.6 Å². The van der Waals surface area contributed by atoms with E-state index in [1.807, 2.05) is 0 Å². The lowest BCUT2D eigenvalue weighted by Gasteiger charge is -2.17. The highest BCUT2D eigenvalue weighted by Gasteiger charge is 2.16. The predicted octanol–water partition coefficient (Wildman–Crippen LogP) is 2.96. The summed E-state index contributed by atoms with van der Waals surface area (Å²) in [5.74, 6) is -0.819. The molecule has 0 aliphatic carbocycles. The number of carbonyl (C=O) groups excluding carboxylic acids is 2. The first-order chi connectivity index (χ1) is 11.4. The Balaban J connectivity index is 1.99. The summed E-state index contributed by atoms with van der Waals surface area (Å²) in [6.45, 7) is -0.180. The zero-order valence-corrected chi connectivity index (χ0v) is 13.5. The lowest BCUT2D eigenvalue weighted by molar-refractivity contribution is -0.384. The average Bonchev–Trinajstić information content (AvgIpc) is 2.56. The number of anilines is 1. The van der Waals surface area contributed by atoms with Gasteiger partial charge in [-0.25, -0.2) is 0 Å². The highest BCUT2D eigenvalue weighted by molar-refractivity contribution is 6.33. The average molecular weight is 348 g/mol. The number of non-ortho nitro benzene ring substituents is 1. The van der Waals surface area contributed by atoms with Crippen molar-refractivity contribution >= 4 is 34.8 Å². The number of benzene rings is 2. The molecule has 0 aromatic heterocycles. The Hall–Kier alpha value is -2.93. The Kier molecular flexibility index (Phi) is 5.49. The second-order valence-electron chi connectivity index (χ2n) is 4.99. The number of rotatable bonds is 5. The molecular formula is C16H14ClN3O4. The topological polar surface area (TPSA) is 92.6 Å². The van der Waals surface area contributed by atoms with Crippen LogP contribution in [0.2, 0.25) is 5.02 Å². The van der Waals surface area contributed by atoms with Gasteiger partial charge >= 0.3 is 0 Å². The van der Waals surface area contributed by atoms with Gasteiger partial charge < -0.3 is 10.2 Å². The maximum Gasteiger partial charge on any atom is 0.269 e. The van der Waals surface area contributed by atoms with E-state index < -0.39 is 16.7 Å². The van der Waals surface area contributed by atoms with E-state index in [2.05, 4.69) is 5.32 Å². The van der Waals surface area contributed by atoms with E-state index in [0.717, 1.165) is 0 Å². The number of nitro groups is 1. The fraction of sp³-hybridized carbons (Fsp3) is 0.125. The third-order valence-corrected chi connectivity index (χ3v) is 3.53. The number of nitro benzene ring substituents is 1. The van der Waals surface area contributed by atoms with Gasteiger partial charge in [-0.15, -0.1) is 0 Å². The summed E-state index contributed by atoms with van der Waals surface area (Å²) in [6.07, 6.45) is 0. The molecule has 0 aliphatic heterocycles. The van der Waals surface area contributed by atoms with Crippen LogP contribution in [-0.2, 0) is 4.79 Å². The Morgan fingerprint density at radius 3 is 2.38 bits per heavy atom. The third kappa shape index (κ3) is 4.30. The molecule has 124 valence electrons. The molecule has 8 heteroatoms. The van der Waals surface area contributed by atoms with Crippen LogP contribution in [0.3, 0.4) is 0 Å². The summed E-state index contributed by atoms with van der Waals surface area (Å²) in [4.78, 5) is 35.5. The number of amides is 2. The molecule has 2 aromatic carbocycles. The number of likely N-dealkylation sites (N-methyl/N-ethyl adjacent to an activating group) is 1. The van der Waals surface area contributed by atoms with Gasteiger partial charge in [0.15, 0.2) is 0 Å². The molecule has 2 aromatic rings. The number of carbonyl (C=O) groups is 2. The number of hydrogen-bond acceptors (Lipinski definition) is 4. The first-order valence-electron chi connectivity index (χ1n) is 6.93. The fourth-order valence-electron chi connectivity index (χ4n) is 1.99. The van der Waals surface area contributed by atoms with E-state index in [9.17, 15) is 19.7 Å². The molecule has 0 aliphatic rings. The predicted molar refractivity (Wildman–Crippen MR) is 90.1 cm³/mol. The molecular weight excluding hydrogens is 334 g/mol. The normalized spacial score (nSPS) is 10.1. The van der Waals surface area contributed by atoms with Crippen molar-refractivity contribution in [3.05, 3.63) is 69.2 Å². The van der Waals surface area contributed by atoms with E-state index in [0.29, 0.717) is 10.7 Å². The lowest BCUT2D eigenvalue weighted by Crippen LogP contribution is -2.34. The third-order valence-electron chi connectivity index (χ3n) is 3.20. The molecule has 0 radical (unpaired) electrons. The first kappa shape index (κ1) is 17.4. The van der Waals surface area contributed by atoms with Crippen molar-refractivity contribution in [1.82, 2.24) is 4.90 Å². The number of hydrogen-bond donors (Lipinski definition) is 1. The number of halogens is 1. The molecule has 2 rings (SSSR count). The Morgan fingerprint density at radius 1 is 1.17 bits per heavy atom. The van der Waals surface area contributed by atoms with Crippen molar-refractivity contribution in [1.29, 1.82) is 0 Å². The highest BCUT2D eigenvalue weighted by atomic mass is 35.5. The van der Waals surface area contributed by atoms with Crippen molar-refractivity contribution in [2.24, 2.45) is 0 Å². The smallest absolute Gasteiger partial charge is 0.269 e. The summed E-state index contributed by atoms with van der Waals surface area (Å²) in [6, 6.07) is 11.9. The molecule has 1 N–H and O–H groups in total. The molecule has 0 atom stereocenters.